The van der Waals surface area contributed by atoms with E-state index in [1.54, 1.807) is 40.9 Å². The molecule has 2 amide bonds. The van der Waals surface area contributed by atoms with E-state index in [1.165, 1.54) is 5.56 Å². The molecular formula is C30H22N4O2S3. The Labute approximate surface area is 236 Å². The van der Waals surface area contributed by atoms with E-state index in [-0.39, 0.29) is 11.8 Å². The molecular weight excluding hydrogens is 545 g/mol. The third-order valence-electron chi connectivity index (χ3n) is 6.97. The number of fused-ring (bicyclic) bond motifs is 3. The molecule has 192 valence electrons. The van der Waals surface area contributed by atoms with Crippen molar-refractivity contribution >= 4 is 71.9 Å². The zero-order chi connectivity index (χ0) is 26.5. The van der Waals surface area contributed by atoms with Crippen LogP contribution in [0.25, 0.3) is 42.3 Å². The first-order chi connectivity index (χ1) is 19.0. The maximum absolute atomic E-state index is 14.0. The van der Waals surface area contributed by atoms with Gasteiger partial charge in [-0.2, -0.15) is 0 Å². The van der Waals surface area contributed by atoms with Gasteiger partial charge in [0, 0.05) is 29.3 Å². The van der Waals surface area contributed by atoms with Crippen molar-refractivity contribution in [1.29, 1.82) is 0 Å². The molecule has 0 spiro atoms. The van der Waals surface area contributed by atoms with E-state index < -0.39 is 0 Å². The van der Waals surface area contributed by atoms with E-state index in [0.717, 1.165) is 58.6 Å². The number of nitrogens with one attached hydrogen (secondary N) is 1. The Balaban J connectivity index is 1.35. The van der Waals surface area contributed by atoms with Gasteiger partial charge in [0.05, 0.1) is 38.4 Å². The highest BCUT2D eigenvalue weighted by atomic mass is 32.1. The molecule has 0 unspecified atom stereocenters. The Morgan fingerprint density at radius 1 is 0.949 bits per heavy atom. The van der Waals surface area contributed by atoms with Crippen LogP contribution in [-0.2, 0) is 17.8 Å². The third kappa shape index (κ3) is 4.32. The van der Waals surface area contributed by atoms with E-state index in [1.807, 2.05) is 70.9 Å². The summed E-state index contributed by atoms with van der Waals surface area (Å²) in [6.07, 6.45) is 0.729. The zero-order valence-corrected chi connectivity index (χ0v) is 23.4. The second-order valence-electron chi connectivity index (χ2n) is 9.39. The van der Waals surface area contributed by atoms with Gasteiger partial charge in [0.1, 0.15) is 10.0 Å². The average Bonchev–Trinajstić information content (AvgIpc) is 3.70. The Bertz CT molecular complexity index is 1850. The molecule has 7 rings (SSSR count). The lowest BCUT2D eigenvalue weighted by molar-refractivity contribution is -0.129. The van der Waals surface area contributed by atoms with Crippen molar-refractivity contribution in [1.82, 2.24) is 14.9 Å². The molecule has 0 atom stereocenters. The molecule has 0 saturated heterocycles. The predicted molar refractivity (Wildman–Crippen MR) is 161 cm³/mol. The number of benzene rings is 2. The Hall–Kier alpha value is -3.92. The second-order valence-corrected chi connectivity index (χ2v) is 12.5. The maximum Gasteiger partial charge on any atom is 0.257 e. The Kier molecular flexibility index (Phi) is 5.99. The number of hydrogen-bond donors (Lipinski definition) is 1. The molecule has 39 heavy (non-hydrogen) atoms. The molecule has 1 N–H and O–H groups in total. The van der Waals surface area contributed by atoms with E-state index in [9.17, 15) is 9.59 Å². The smallest absolute Gasteiger partial charge is 0.257 e. The summed E-state index contributed by atoms with van der Waals surface area (Å²) < 4.78 is 1.10. The van der Waals surface area contributed by atoms with Crippen LogP contribution in [0, 0.1) is 0 Å². The fourth-order valence-corrected chi connectivity index (χ4v) is 8.11. The topological polar surface area (TPSA) is 75.2 Å². The van der Waals surface area contributed by atoms with Crippen LogP contribution in [-0.4, -0.2) is 33.2 Å². The minimum absolute atomic E-state index is 0.0607. The number of aromatic nitrogens is 2. The van der Waals surface area contributed by atoms with Crippen molar-refractivity contribution in [2.45, 2.75) is 19.9 Å². The number of hydrogen-bond acceptors (Lipinski definition) is 7. The molecule has 0 aliphatic carbocycles. The van der Waals surface area contributed by atoms with Crippen molar-refractivity contribution in [2.24, 2.45) is 0 Å². The van der Waals surface area contributed by atoms with Crippen molar-refractivity contribution in [3.05, 3.63) is 88.1 Å². The molecule has 0 saturated carbocycles. The van der Waals surface area contributed by atoms with Gasteiger partial charge in [-0.3, -0.25) is 9.59 Å². The van der Waals surface area contributed by atoms with Crippen LogP contribution < -0.4 is 5.32 Å². The van der Waals surface area contributed by atoms with Gasteiger partial charge in [-0.15, -0.1) is 34.0 Å². The first-order valence-electron chi connectivity index (χ1n) is 12.6. The zero-order valence-electron chi connectivity index (χ0n) is 20.9. The van der Waals surface area contributed by atoms with Crippen LogP contribution in [0.4, 0.5) is 5.00 Å². The summed E-state index contributed by atoms with van der Waals surface area (Å²) in [5, 5.41) is 7.73. The van der Waals surface area contributed by atoms with Crippen molar-refractivity contribution in [3.63, 3.8) is 0 Å². The van der Waals surface area contributed by atoms with Crippen LogP contribution in [0.5, 0.6) is 0 Å². The molecule has 2 aromatic carbocycles. The number of anilines is 1. The van der Waals surface area contributed by atoms with Gasteiger partial charge in [0.25, 0.3) is 5.91 Å². The number of para-hydroxylation sites is 2. The maximum atomic E-state index is 14.0. The van der Waals surface area contributed by atoms with E-state index in [0.29, 0.717) is 18.7 Å². The number of amides is 2. The average molecular weight is 567 g/mol. The van der Waals surface area contributed by atoms with Crippen LogP contribution in [0.1, 0.15) is 27.7 Å². The molecule has 0 radical (unpaired) electrons. The number of pyridine rings is 1. The number of thiazole rings is 1. The van der Waals surface area contributed by atoms with Crippen LogP contribution in [0.15, 0.2) is 72.1 Å². The summed E-state index contributed by atoms with van der Waals surface area (Å²) in [5.41, 5.74) is 5.23. The molecule has 5 heterocycles. The SMILES string of the molecule is CC(=O)N1CCc2c(sc(NC(=O)c3cc(-c4cccs4)nc4ccccc34)c2-c2nc3ccccc3s2)C1. The highest BCUT2D eigenvalue weighted by molar-refractivity contribution is 7.23. The van der Waals surface area contributed by atoms with Gasteiger partial charge in [-0.25, -0.2) is 9.97 Å². The lowest BCUT2D eigenvalue weighted by Crippen LogP contribution is -2.33. The van der Waals surface area contributed by atoms with Gasteiger partial charge in [0.2, 0.25) is 5.91 Å². The summed E-state index contributed by atoms with van der Waals surface area (Å²) in [4.78, 5) is 39.9. The molecule has 0 bridgehead atoms. The third-order valence-corrected chi connectivity index (χ3v) is 10.0. The summed E-state index contributed by atoms with van der Waals surface area (Å²) >= 11 is 4.78. The van der Waals surface area contributed by atoms with Gasteiger partial charge in [-0.05, 0) is 47.7 Å². The largest absolute Gasteiger partial charge is 0.337 e. The summed E-state index contributed by atoms with van der Waals surface area (Å²) in [6, 6.07) is 21.7. The van der Waals surface area contributed by atoms with E-state index >= 15 is 0 Å². The van der Waals surface area contributed by atoms with E-state index in [4.69, 9.17) is 9.97 Å². The van der Waals surface area contributed by atoms with Crippen LogP contribution in [0.2, 0.25) is 0 Å². The minimum atomic E-state index is -0.184. The molecule has 6 aromatic rings. The van der Waals surface area contributed by atoms with Gasteiger partial charge in [0.15, 0.2) is 0 Å². The molecule has 1 aliphatic heterocycles. The highest BCUT2D eigenvalue weighted by Gasteiger charge is 2.29. The normalized spacial score (nSPS) is 13.1. The molecule has 6 nitrogen and oxygen atoms in total. The Morgan fingerprint density at radius 2 is 1.77 bits per heavy atom. The number of carbonyl (C=O) groups excluding carboxylic acids is 2. The number of thiophene rings is 2. The fraction of sp³-hybridized carbons (Fsp3) is 0.133. The van der Waals surface area contributed by atoms with Crippen LogP contribution >= 0.6 is 34.0 Å². The van der Waals surface area contributed by atoms with Gasteiger partial charge >= 0.3 is 0 Å². The van der Waals surface area contributed by atoms with Crippen molar-refractivity contribution < 1.29 is 9.59 Å². The van der Waals surface area contributed by atoms with Gasteiger partial charge in [-0.1, -0.05) is 36.4 Å². The first-order valence-corrected chi connectivity index (χ1v) is 15.1. The molecule has 9 heteroatoms. The number of nitrogens with zero attached hydrogens (tertiary/aromatic N) is 3. The lowest BCUT2D eigenvalue weighted by Gasteiger charge is -2.26. The monoisotopic (exact) mass is 566 g/mol. The second kappa shape index (κ2) is 9.68. The van der Waals surface area contributed by atoms with Crippen LogP contribution in [0.3, 0.4) is 0 Å². The number of rotatable bonds is 4. The summed E-state index contributed by atoms with van der Waals surface area (Å²) in [5.74, 6) is -0.124. The van der Waals surface area contributed by atoms with Gasteiger partial charge < -0.3 is 10.2 Å². The number of carbonyl (C=O) groups is 2. The fourth-order valence-electron chi connectivity index (χ4n) is 5.05. The standard InChI is InChI=1S/C30H22N4O2S3/c1-17(35)34-13-12-19-26(16-34)39-30(27(19)29-32-22-9-4-5-10-25(22)38-29)33-28(36)20-15-23(24-11-6-14-37-24)31-21-8-3-2-7-18(20)21/h2-11,14-15H,12-13,16H2,1H3,(H,33,36). The minimum Gasteiger partial charge on any atom is -0.337 e. The predicted octanol–water partition coefficient (Wildman–Crippen LogP) is 7.46. The van der Waals surface area contributed by atoms with Crippen molar-refractivity contribution in [3.8, 4) is 21.1 Å². The highest BCUT2D eigenvalue weighted by Crippen LogP contribution is 2.46. The molecule has 1 aliphatic rings. The Morgan fingerprint density at radius 3 is 2.56 bits per heavy atom. The lowest BCUT2D eigenvalue weighted by atomic mass is 10.0. The molecule has 0 fully saturated rings. The van der Waals surface area contributed by atoms with E-state index in [2.05, 4.69) is 11.4 Å². The first kappa shape index (κ1) is 24.1. The quantitative estimate of drug-likeness (QED) is 0.240. The molecule has 4 aromatic heterocycles. The summed E-state index contributed by atoms with van der Waals surface area (Å²) in [7, 11) is 0. The summed E-state index contributed by atoms with van der Waals surface area (Å²) in [6.45, 7) is 2.81. The van der Waals surface area contributed by atoms with Crippen molar-refractivity contribution in [2.75, 3.05) is 11.9 Å².